The molecule has 21 heteroatoms. The van der Waals surface area contributed by atoms with Crippen LogP contribution in [0.25, 0.3) is 10.4 Å². The Bertz CT molecular complexity index is 877. The van der Waals surface area contributed by atoms with Gasteiger partial charge in [0.15, 0.2) is 0 Å². The number of azide groups is 1. The molecule has 0 aliphatic carbocycles. The van der Waals surface area contributed by atoms with Crippen molar-refractivity contribution in [3.8, 4) is 12.1 Å². The summed E-state index contributed by atoms with van der Waals surface area (Å²) in [6, 6.07) is 2.17. The van der Waals surface area contributed by atoms with E-state index in [0.29, 0.717) is 0 Å². The Morgan fingerprint density at radius 3 is 2.28 bits per heavy atom. The zero-order chi connectivity index (χ0) is 22.5. The van der Waals surface area contributed by atoms with Crippen LogP contribution in [-0.4, -0.2) is 58.0 Å². The number of phosphoric acid groups is 3. The number of ether oxygens (including phenoxy) is 2. The first kappa shape index (κ1) is 25.7. The average Bonchev–Trinajstić information content (AvgIpc) is 2.88. The van der Waals surface area contributed by atoms with Crippen molar-refractivity contribution in [3.63, 3.8) is 0 Å². The largest absolute Gasteiger partial charge is 0.490 e. The Labute approximate surface area is 163 Å². The summed E-state index contributed by atoms with van der Waals surface area (Å²) in [5.74, 6) is 0. The van der Waals surface area contributed by atoms with Gasteiger partial charge in [-0.05, 0) is 17.1 Å². The Hall–Kier alpha value is -1.32. The zero-order valence-electron chi connectivity index (χ0n) is 14.3. The summed E-state index contributed by atoms with van der Waals surface area (Å²) in [4.78, 5) is 37.8. The minimum absolute atomic E-state index is 0.0382. The van der Waals surface area contributed by atoms with E-state index in [9.17, 15) is 18.6 Å². The molecule has 1 aliphatic rings. The van der Waals surface area contributed by atoms with Gasteiger partial charge in [-0.25, -0.2) is 13.7 Å². The van der Waals surface area contributed by atoms with Crippen molar-refractivity contribution in [1.29, 1.82) is 10.5 Å². The molecule has 0 amide bonds. The van der Waals surface area contributed by atoms with Gasteiger partial charge in [-0.3, -0.25) is 4.52 Å². The van der Waals surface area contributed by atoms with Crippen LogP contribution in [0.1, 0.15) is 6.42 Å². The molecule has 4 unspecified atom stereocenters. The second kappa shape index (κ2) is 9.66. The molecule has 1 saturated heterocycles. The minimum Gasteiger partial charge on any atom is -0.379 e. The molecule has 1 rings (SSSR count). The molecule has 17 nitrogen and oxygen atoms in total. The highest BCUT2D eigenvalue weighted by Gasteiger charge is 2.45. The number of rotatable bonds is 10. The summed E-state index contributed by atoms with van der Waals surface area (Å²) in [6.45, 7) is -0.859. The number of hydrogen-bond acceptors (Lipinski definition) is 11. The van der Waals surface area contributed by atoms with Gasteiger partial charge in [0.2, 0.25) is 0 Å². The fourth-order valence-corrected chi connectivity index (χ4v) is 5.12. The summed E-state index contributed by atoms with van der Waals surface area (Å²) in [6.07, 6.45) is -2.34. The first-order valence-corrected chi connectivity index (χ1v) is 11.7. The van der Waals surface area contributed by atoms with Crippen molar-refractivity contribution in [2.45, 2.75) is 30.4 Å². The number of nitrogens with zero attached hydrogens (tertiary/aromatic N) is 5. The topological polar surface area (TPSA) is 275 Å². The van der Waals surface area contributed by atoms with Crippen LogP contribution in [0.5, 0.6) is 0 Å². The van der Waals surface area contributed by atoms with Gasteiger partial charge in [-0.1, -0.05) is 0 Å². The fraction of sp³-hybridized carbons (Fsp3) is 0.750. The maximum absolute atomic E-state index is 11.7. The highest BCUT2D eigenvalue weighted by molar-refractivity contribution is 7.66. The number of hydrogen-bond donors (Lipinski definition) is 4. The lowest BCUT2D eigenvalue weighted by Gasteiger charge is -2.24. The number of phosphoric ester groups is 1. The SMILES string of the molecule is BC1C[C@@H](OC(C#N)(C#N)N=[N+]=[N-])C(COP(=O)(O)OP(=O)(O)OP(=O)(O)O)O1. The van der Waals surface area contributed by atoms with Gasteiger partial charge in [0.05, 0.1) is 12.7 Å². The Morgan fingerprint density at radius 1 is 1.21 bits per heavy atom. The van der Waals surface area contributed by atoms with Crippen molar-refractivity contribution in [2.24, 2.45) is 5.11 Å². The van der Waals surface area contributed by atoms with Gasteiger partial charge in [0.1, 0.15) is 26.1 Å². The summed E-state index contributed by atoms with van der Waals surface area (Å²) >= 11 is 0. The monoisotopic (exact) mass is 475 g/mol. The molecule has 0 saturated carbocycles. The fourth-order valence-electron chi connectivity index (χ4n) is 2.09. The van der Waals surface area contributed by atoms with Crippen LogP contribution in [0.3, 0.4) is 0 Å². The molecular formula is C8H13BN5O12P3. The summed E-state index contributed by atoms with van der Waals surface area (Å²) in [7, 11) is -15.1. The quantitative estimate of drug-likeness (QED) is 0.102. The van der Waals surface area contributed by atoms with E-state index in [1.165, 1.54) is 20.0 Å². The van der Waals surface area contributed by atoms with Gasteiger partial charge in [0.25, 0.3) is 0 Å². The molecule has 5 atom stereocenters. The maximum atomic E-state index is 11.7. The zero-order valence-corrected chi connectivity index (χ0v) is 17.0. The van der Waals surface area contributed by atoms with E-state index in [1.807, 2.05) is 0 Å². The molecule has 160 valence electrons. The van der Waals surface area contributed by atoms with E-state index >= 15 is 0 Å². The van der Waals surface area contributed by atoms with E-state index in [1.54, 1.807) is 0 Å². The standard InChI is InChI=1S/C8H13BN5O12P3/c9-7-1-5(24-8(3-10,4-11)13-14-12)6(23-7)2-22-28(18,19)26-29(20,21)25-27(15,16)17/h5-7H,1-2,9H2,(H,18,19)(H,20,21)(H2,15,16,17)/t5-,6?,7?/m1/s1. The van der Waals surface area contributed by atoms with Crippen molar-refractivity contribution >= 4 is 31.3 Å². The van der Waals surface area contributed by atoms with Crippen LogP contribution in [0, 0.1) is 22.7 Å². The predicted octanol–water partition coefficient (Wildman–Crippen LogP) is -0.483. The van der Waals surface area contributed by atoms with Crippen molar-refractivity contribution in [1.82, 2.24) is 0 Å². The van der Waals surface area contributed by atoms with Crippen molar-refractivity contribution in [2.75, 3.05) is 6.61 Å². The predicted molar refractivity (Wildman–Crippen MR) is 89.6 cm³/mol. The molecule has 4 N–H and O–H groups in total. The molecule has 0 aromatic carbocycles. The van der Waals surface area contributed by atoms with Crippen LogP contribution in [0.4, 0.5) is 0 Å². The third-order valence-electron chi connectivity index (χ3n) is 3.01. The van der Waals surface area contributed by atoms with Crippen molar-refractivity contribution in [3.05, 3.63) is 10.4 Å². The summed E-state index contributed by atoms with van der Waals surface area (Å²) in [5, 5.41) is 21.0. The van der Waals surface area contributed by atoms with Gasteiger partial charge in [-0.15, -0.1) is 0 Å². The molecule has 1 fully saturated rings. The highest BCUT2D eigenvalue weighted by atomic mass is 31.3. The first-order valence-electron chi connectivity index (χ1n) is 7.17. The average molecular weight is 475 g/mol. The Morgan fingerprint density at radius 2 is 1.79 bits per heavy atom. The third kappa shape index (κ3) is 8.52. The molecule has 0 aromatic heterocycles. The molecule has 0 radical (unpaired) electrons. The molecule has 0 aromatic rings. The smallest absolute Gasteiger partial charge is 0.379 e. The molecule has 29 heavy (non-hydrogen) atoms. The maximum Gasteiger partial charge on any atom is 0.490 e. The van der Waals surface area contributed by atoms with Crippen LogP contribution >= 0.6 is 23.5 Å². The lowest BCUT2D eigenvalue weighted by Crippen LogP contribution is -2.37. The van der Waals surface area contributed by atoms with E-state index in [-0.39, 0.29) is 6.42 Å². The van der Waals surface area contributed by atoms with Crippen LogP contribution < -0.4 is 0 Å². The van der Waals surface area contributed by atoms with Crippen molar-refractivity contribution < 1.29 is 55.9 Å². The lowest BCUT2D eigenvalue weighted by atomic mass is 9.96. The van der Waals surface area contributed by atoms with E-state index < -0.39 is 54.0 Å². The Kier molecular flexibility index (Phi) is 8.57. The van der Waals surface area contributed by atoms with Crippen LogP contribution in [0.15, 0.2) is 5.11 Å². The second-order valence-corrected chi connectivity index (χ2v) is 9.74. The second-order valence-electron chi connectivity index (χ2n) is 5.32. The lowest BCUT2D eigenvalue weighted by molar-refractivity contribution is -0.0733. The molecule has 1 heterocycles. The van der Waals surface area contributed by atoms with Crippen LogP contribution in [0.2, 0.25) is 0 Å². The number of nitriles is 2. The first-order chi connectivity index (χ1) is 13.2. The van der Waals surface area contributed by atoms with Gasteiger partial charge >= 0.3 is 29.2 Å². The molecule has 1 aliphatic heterocycles. The normalized spacial score (nSPS) is 26.3. The summed E-state index contributed by atoms with van der Waals surface area (Å²) in [5.41, 5.74) is 5.92. The van der Waals surface area contributed by atoms with E-state index in [4.69, 9.17) is 40.2 Å². The highest BCUT2D eigenvalue weighted by Crippen LogP contribution is 2.66. The van der Waals surface area contributed by atoms with Gasteiger partial charge in [0, 0.05) is 10.9 Å². The van der Waals surface area contributed by atoms with E-state index in [2.05, 4.69) is 23.2 Å². The molecular weight excluding hydrogens is 462 g/mol. The molecule has 0 spiro atoms. The Balaban J connectivity index is 2.85. The van der Waals surface area contributed by atoms with E-state index in [0.717, 1.165) is 0 Å². The van der Waals surface area contributed by atoms with Gasteiger partial charge < -0.3 is 29.0 Å². The minimum atomic E-state index is -5.69. The molecule has 0 bridgehead atoms. The third-order valence-corrected chi connectivity index (χ3v) is 6.82. The van der Waals surface area contributed by atoms with Gasteiger partial charge in [-0.2, -0.15) is 19.1 Å². The summed E-state index contributed by atoms with van der Waals surface area (Å²) < 4.78 is 55.6. The van der Waals surface area contributed by atoms with Crippen LogP contribution in [-0.2, 0) is 36.3 Å².